The van der Waals surface area contributed by atoms with Crippen molar-refractivity contribution in [1.29, 1.82) is 0 Å². The van der Waals surface area contributed by atoms with Gasteiger partial charge in [0.05, 0.1) is 22.4 Å². The van der Waals surface area contributed by atoms with Crippen molar-refractivity contribution in [2.75, 3.05) is 11.1 Å². The fourth-order valence-corrected chi connectivity index (χ4v) is 4.85. The number of aromatic nitrogens is 3. The van der Waals surface area contributed by atoms with Crippen LogP contribution in [0.15, 0.2) is 58.7 Å². The molecule has 34 heavy (non-hydrogen) atoms. The van der Waals surface area contributed by atoms with Crippen LogP contribution in [0.3, 0.4) is 0 Å². The van der Waals surface area contributed by atoms with Crippen LogP contribution >= 0.6 is 50.9 Å². The Labute approximate surface area is 220 Å². The third kappa shape index (κ3) is 6.63. The number of nitrogens with one attached hydrogen (secondary N) is 2. The number of halogens is 3. The first-order chi connectivity index (χ1) is 16.2. The number of allylic oxidation sites excluding steroid dienone is 1. The van der Waals surface area contributed by atoms with Gasteiger partial charge < -0.3 is 15.2 Å². The van der Waals surface area contributed by atoms with Gasteiger partial charge in [0.2, 0.25) is 5.91 Å². The average molecular weight is 583 g/mol. The summed E-state index contributed by atoms with van der Waals surface area (Å²) in [6, 6.07) is 9.85. The van der Waals surface area contributed by atoms with Crippen LogP contribution in [0.1, 0.15) is 34.7 Å². The molecule has 0 aliphatic carbocycles. The molecular weight excluding hydrogens is 561 g/mol. The minimum atomic E-state index is -0.472. The number of thioether (sulfide) groups is 1. The first kappa shape index (κ1) is 26.3. The highest BCUT2D eigenvalue weighted by Gasteiger charge is 2.21. The maximum absolute atomic E-state index is 12.7. The van der Waals surface area contributed by atoms with Gasteiger partial charge in [-0.2, -0.15) is 0 Å². The van der Waals surface area contributed by atoms with Gasteiger partial charge >= 0.3 is 0 Å². The van der Waals surface area contributed by atoms with Crippen molar-refractivity contribution in [2.45, 2.75) is 31.6 Å². The molecule has 7 nitrogen and oxygen atoms in total. The second-order valence-corrected chi connectivity index (χ2v) is 10.1. The van der Waals surface area contributed by atoms with E-state index in [4.69, 9.17) is 23.2 Å². The van der Waals surface area contributed by atoms with Gasteiger partial charge in [0, 0.05) is 21.7 Å². The van der Waals surface area contributed by atoms with Gasteiger partial charge in [-0.3, -0.25) is 9.59 Å². The molecule has 0 saturated carbocycles. The van der Waals surface area contributed by atoms with Crippen molar-refractivity contribution < 1.29 is 9.59 Å². The molecule has 11 heteroatoms. The van der Waals surface area contributed by atoms with Crippen molar-refractivity contribution in [3.05, 3.63) is 80.5 Å². The molecule has 1 atom stereocenters. The zero-order chi connectivity index (χ0) is 24.8. The number of carbonyl (C=O) groups excluding carboxylic acids is 2. The van der Waals surface area contributed by atoms with Crippen molar-refractivity contribution >= 4 is 68.4 Å². The fraction of sp³-hybridized carbons (Fsp3) is 0.217. The first-order valence-corrected chi connectivity index (χ1v) is 12.7. The maximum Gasteiger partial charge on any atom is 0.253 e. The molecule has 0 aliphatic heterocycles. The van der Waals surface area contributed by atoms with Crippen molar-refractivity contribution in [2.24, 2.45) is 0 Å². The molecule has 0 bridgehead atoms. The van der Waals surface area contributed by atoms with E-state index in [1.54, 1.807) is 25.1 Å². The van der Waals surface area contributed by atoms with Crippen molar-refractivity contribution in [3.8, 4) is 0 Å². The van der Waals surface area contributed by atoms with Crippen molar-refractivity contribution in [3.63, 3.8) is 0 Å². The van der Waals surface area contributed by atoms with E-state index in [0.29, 0.717) is 28.1 Å². The lowest BCUT2D eigenvalue weighted by molar-refractivity contribution is -0.113. The van der Waals surface area contributed by atoms with E-state index in [9.17, 15) is 9.59 Å². The third-order valence-electron chi connectivity index (χ3n) is 4.76. The Morgan fingerprint density at radius 1 is 1.24 bits per heavy atom. The van der Waals surface area contributed by atoms with Gasteiger partial charge in [0.25, 0.3) is 5.91 Å². The third-order valence-corrected chi connectivity index (χ3v) is 6.77. The van der Waals surface area contributed by atoms with Crippen molar-refractivity contribution in [1.82, 2.24) is 20.1 Å². The molecule has 1 aromatic heterocycles. The van der Waals surface area contributed by atoms with Crippen LogP contribution in [0.25, 0.3) is 0 Å². The maximum atomic E-state index is 12.7. The normalized spacial score (nSPS) is 11.7. The minimum absolute atomic E-state index is 0.145. The summed E-state index contributed by atoms with van der Waals surface area (Å²) >= 11 is 16.7. The summed E-state index contributed by atoms with van der Waals surface area (Å²) in [5.74, 6) is 0.154. The van der Waals surface area contributed by atoms with Crippen LogP contribution in [-0.4, -0.2) is 32.3 Å². The number of hydrogen-bond donors (Lipinski definition) is 2. The predicted molar refractivity (Wildman–Crippen MR) is 141 cm³/mol. The summed E-state index contributed by atoms with van der Waals surface area (Å²) in [7, 11) is 0. The van der Waals surface area contributed by atoms with E-state index in [1.807, 2.05) is 29.7 Å². The predicted octanol–water partition coefficient (Wildman–Crippen LogP) is 6.06. The first-order valence-electron chi connectivity index (χ1n) is 10.2. The number of anilines is 1. The van der Waals surface area contributed by atoms with E-state index in [0.717, 1.165) is 15.7 Å². The number of rotatable bonds is 9. The summed E-state index contributed by atoms with van der Waals surface area (Å²) < 4.78 is 2.76. The molecule has 0 spiro atoms. The van der Waals surface area contributed by atoms with Crippen LogP contribution in [0, 0.1) is 6.92 Å². The van der Waals surface area contributed by atoms with Gasteiger partial charge in [-0.1, -0.05) is 57.0 Å². The topological polar surface area (TPSA) is 88.9 Å². The number of amides is 2. The summed E-state index contributed by atoms with van der Waals surface area (Å²) in [6.45, 7) is 7.92. The van der Waals surface area contributed by atoms with Gasteiger partial charge in [-0.05, 0) is 55.8 Å². The van der Waals surface area contributed by atoms with Crippen LogP contribution < -0.4 is 10.6 Å². The quantitative estimate of drug-likeness (QED) is 0.236. The lowest BCUT2D eigenvalue weighted by atomic mass is 10.2. The number of hydrogen-bond acceptors (Lipinski definition) is 5. The van der Waals surface area contributed by atoms with Gasteiger partial charge in [-0.25, -0.2) is 0 Å². The lowest BCUT2D eigenvalue weighted by Gasteiger charge is -2.16. The molecule has 0 unspecified atom stereocenters. The monoisotopic (exact) mass is 581 g/mol. The highest BCUT2D eigenvalue weighted by Crippen LogP contribution is 2.25. The number of aryl methyl sites for hydroxylation is 1. The summed E-state index contributed by atoms with van der Waals surface area (Å²) in [5, 5.41) is 15.5. The Morgan fingerprint density at radius 2 is 2.00 bits per heavy atom. The summed E-state index contributed by atoms with van der Waals surface area (Å²) in [5.41, 5.74) is 2.01. The zero-order valence-corrected chi connectivity index (χ0v) is 22.4. The minimum Gasteiger partial charge on any atom is -0.342 e. The highest BCUT2D eigenvalue weighted by atomic mass is 79.9. The molecule has 2 aromatic carbocycles. The van der Waals surface area contributed by atoms with E-state index < -0.39 is 6.04 Å². The Balaban J connectivity index is 1.68. The average Bonchev–Trinajstić information content (AvgIpc) is 3.17. The zero-order valence-electron chi connectivity index (χ0n) is 18.4. The molecule has 0 radical (unpaired) electrons. The van der Waals surface area contributed by atoms with Crippen LogP contribution in [0.5, 0.6) is 0 Å². The van der Waals surface area contributed by atoms with E-state index in [1.165, 1.54) is 17.8 Å². The van der Waals surface area contributed by atoms with Gasteiger partial charge in [0.1, 0.15) is 0 Å². The Kier molecular flexibility index (Phi) is 9.18. The molecule has 1 heterocycles. The summed E-state index contributed by atoms with van der Waals surface area (Å²) in [6.07, 6.45) is 1.70. The standard InChI is InChI=1S/C23H22BrCl2N5O2S/c1-4-9-31-21(14(3)27-22(33)17-7-6-16(25)11-18(17)26)29-30-23(31)34-12-20(32)28-19-8-5-15(24)10-13(19)2/h4-8,10-11,14H,1,9,12H2,2-3H3,(H,27,33)(H,28,32)/t14-/m0/s1. The second-order valence-electron chi connectivity index (χ2n) is 7.36. The van der Waals surface area contributed by atoms with Crippen LogP contribution in [0.2, 0.25) is 10.0 Å². The molecular formula is C23H22BrCl2N5O2S. The Hall–Kier alpha value is -2.33. The van der Waals surface area contributed by atoms with Gasteiger partial charge in [0.15, 0.2) is 11.0 Å². The molecule has 2 amide bonds. The van der Waals surface area contributed by atoms with Crippen LogP contribution in [-0.2, 0) is 11.3 Å². The molecule has 178 valence electrons. The molecule has 3 aromatic rings. The molecule has 0 aliphatic rings. The largest absolute Gasteiger partial charge is 0.342 e. The highest BCUT2D eigenvalue weighted by molar-refractivity contribution is 9.10. The second kappa shape index (κ2) is 11.9. The van der Waals surface area contributed by atoms with E-state index >= 15 is 0 Å². The number of nitrogens with zero attached hydrogens (tertiary/aromatic N) is 3. The SMILES string of the molecule is C=CCn1c(SCC(=O)Nc2ccc(Br)cc2C)nnc1[C@H](C)NC(=O)c1ccc(Cl)cc1Cl. The van der Waals surface area contributed by atoms with Gasteiger partial charge in [-0.15, -0.1) is 16.8 Å². The number of benzene rings is 2. The molecule has 3 rings (SSSR count). The molecule has 0 fully saturated rings. The number of carbonyl (C=O) groups is 2. The Morgan fingerprint density at radius 3 is 2.68 bits per heavy atom. The lowest BCUT2D eigenvalue weighted by Crippen LogP contribution is -2.29. The summed E-state index contributed by atoms with van der Waals surface area (Å²) in [4.78, 5) is 25.2. The molecule has 0 saturated heterocycles. The Bertz CT molecular complexity index is 1230. The smallest absolute Gasteiger partial charge is 0.253 e. The van der Waals surface area contributed by atoms with Crippen LogP contribution in [0.4, 0.5) is 5.69 Å². The molecule has 2 N–H and O–H groups in total. The van der Waals surface area contributed by atoms with E-state index in [-0.39, 0.29) is 22.6 Å². The fourth-order valence-electron chi connectivity index (χ4n) is 3.12. The van der Waals surface area contributed by atoms with E-state index in [2.05, 4.69) is 43.3 Å².